The number of anilines is 1. The summed E-state index contributed by atoms with van der Waals surface area (Å²) in [5.74, 6) is -0.702. The van der Waals surface area contributed by atoms with Crippen LogP contribution in [-0.4, -0.2) is 46.4 Å². The molecule has 1 saturated heterocycles. The molecular formula is C23H23ClN4O3. The topological polar surface area (TPSA) is 82.1 Å². The van der Waals surface area contributed by atoms with E-state index in [0.29, 0.717) is 35.9 Å². The molecule has 0 bridgehead atoms. The molecule has 2 aromatic carbocycles. The quantitative estimate of drug-likeness (QED) is 0.772. The second-order valence-corrected chi connectivity index (χ2v) is 8.06. The number of carbonyl (C=O) groups excluding carboxylic acids is 3. The van der Waals surface area contributed by atoms with Crippen LogP contribution >= 0.6 is 11.6 Å². The van der Waals surface area contributed by atoms with Gasteiger partial charge in [0.1, 0.15) is 5.71 Å². The van der Waals surface area contributed by atoms with Crippen LogP contribution < -0.4 is 5.32 Å². The van der Waals surface area contributed by atoms with Crippen molar-refractivity contribution < 1.29 is 14.4 Å². The summed E-state index contributed by atoms with van der Waals surface area (Å²) in [5.41, 5.74) is 1.92. The first-order valence-corrected chi connectivity index (χ1v) is 10.7. The maximum absolute atomic E-state index is 12.9. The van der Waals surface area contributed by atoms with Gasteiger partial charge in [0, 0.05) is 31.0 Å². The van der Waals surface area contributed by atoms with Crippen LogP contribution in [0, 0.1) is 0 Å². The van der Waals surface area contributed by atoms with Gasteiger partial charge >= 0.3 is 0 Å². The highest BCUT2D eigenvalue weighted by Crippen LogP contribution is 2.25. The molecule has 8 heteroatoms. The summed E-state index contributed by atoms with van der Waals surface area (Å²) in [6.07, 6.45) is 2.40. The van der Waals surface area contributed by atoms with Gasteiger partial charge < -0.3 is 10.2 Å². The molecule has 160 valence electrons. The van der Waals surface area contributed by atoms with E-state index in [1.54, 1.807) is 23.1 Å². The molecule has 0 radical (unpaired) electrons. The van der Waals surface area contributed by atoms with Gasteiger partial charge in [0.2, 0.25) is 5.91 Å². The summed E-state index contributed by atoms with van der Waals surface area (Å²) in [6.45, 7) is 1.71. The predicted molar refractivity (Wildman–Crippen MR) is 119 cm³/mol. The van der Waals surface area contributed by atoms with Crippen molar-refractivity contribution in [3.05, 3.63) is 64.7 Å². The normalized spacial score (nSPS) is 16.3. The highest BCUT2D eigenvalue weighted by Gasteiger charge is 2.27. The minimum atomic E-state index is -0.441. The molecular weight excluding hydrogens is 416 g/mol. The second-order valence-electron chi connectivity index (χ2n) is 7.63. The van der Waals surface area contributed by atoms with E-state index in [9.17, 15) is 14.4 Å². The standard InChI is InChI=1S/C23H23ClN4O3/c24-17-8-9-18(23(31)27-12-4-5-13-27)20(14-17)25-22(30)19-10-11-21(29)28(26-19)15-16-6-2-1-3-7-16/h1-3,6-9,14H,4-5,10-13,15H2,(H,25,30). The number of halogens is 1. The third kappa shape index (κ3) is 4.94. The Labute approximate surface area is 185 Å². The highest BCUT2D eigenvalue weighted by molar-refractivity contribution is 6.44. The van der Waals surface area contributed by atoms with Crippen molar-refractivity contribution in [2.45, 2.75) is 32.2 Å². The molecule has 2 aromatic rings. The summed E-state index contributed by atoms with van der Waals surface area (Å²) in [5, 5.41) is 8.81. The van der Waals surface area contributed by atoms with Crippen molar-refractivity contribution in [3.63, 3.8) is 0 Å². The lowest BCUT2D eigenvalue weighted by Gasteiger charge is -2.23. The minimum Gasteiger partial charge on any atom is -0.339 e. The summed E-state index contributed by atoms with van der Waals surface area (Å²) < 4.78 is 0. The largest absolute Gasteiger partial charge is 0.339 e. The Hall–Kier alpha value is -3.19. The third-order valence-corrected chi connectivity index (χ3v) is 5.63. The molecule has 0 saturated carbocycles. The lowest BCUT2D eigenvalue weighted by molar-refractivity contribution is -0.132. The molecule has 2 aliphatic rings. The Kier molecular flexibility index (Phi) is 6.32. The van der Waals surface area contributed by atoms with E-state index in [1.165, 1.54) is 5.01 Å². The molecule has 0 atom stereocenters. The molecule has 0 aromatic heterocycles. The number of nitrogens with zero attached hydrogens (tertiary/aromatic N) is 3. The molecule has 0 unspecified atom stereocenters. The fourth-order valence-electron chi connectivity index (χ4n) is 3.74. The number of amides is 3. The number of hydrogen-bond acceptors (Lipinski definition) is 4. The maximum atomic E-state index is 12.9. The number of benzene rings is 2. The zero-order valence-electron chi connectivity index (χ0n) is 17.0. The average Bonchev–Trinajstić information content (AvgIpc) is 3.31. The van der Waals surface area contributed by atoms with Crippen LogP contribution in [0.4, 0.5) is 5.69 Å². The zero-order valence-corrected chi connectivity index (χ0v) is 17.8. The number of nitrogens with one attached hydrogen (secondary N) is 1. The van der Waals surface area contributed by atoms with Crippen LogP contribution in [0.5, 0.6) is 0 Å². The van der Waals surface area contributed by atoms with Crippen LogP contribution in [0.2, 0.25) is 5.02 Å². The molecule has 31 heavy (non-hydrogen) atoms. The van der Waals surface area contributed by atoms with E-state index < -0.39 is 5.91 Å². The summed E-state index contributed by atoms with van der Waals surface area (Å²) in [6, 6.07) is 14.3. The lowest BCUT2D eigenvalue weighted by atomic mass is 10.1. The van der Waals surface area contributed by atoms with Crippen LogP contribution in [-0.2, 0) is 16.1 Å². The van der Waals surface area contributed by atoms with Crippen LogP contribution in [0.3, 0.4) is 0 Å². The number of carbonyl (C=O) groups is 3. The van der Waals surface area contributed by atoms with Gasteiger partial charge in [-0.3, -0.25) is 14.4 Å². The van der Waals surface area contributed by atoms with Crippen molar-refractivity contribution in [1.29, 1.82) is 0 Å². The first-order chi connectivity index (χ1) is 15.0. The van der Waals surface area contributed by atoms with Crippen LogP contribution in [0.25, 0.3) is 0 Å². The van der Waals surface area contributed by atoms with Crippen LogP contribution in [0.1, 0.15) is 41.6 Å². The maximum Gasteiger partial charge on any atom is 0.271 e. The second kappa shape index (κ2) is 9.31. The number of hydrogen-bond donors (Lipinski definition) is 1. The van der Waals surface area contributed by atoms with Crippen LogP contribution in [0.15, 0.2) is 53.6 Å². The number of rotatable bonds is 5. The van der Waals surface area contributed by atoms with Gasteiger partial charge in [-0.2, -0.15) is 5.10 Å². The van der Waals surface area contributed by atoms with E-state index in [2.05, 4.69) is 10.4 Å². The lowest BCUT2D eigenvalue weighted by Crippen LogP contribution is -2.36. The van der Waals surface area contributed by atoms with E-state index in [1.807, 2.05) is 30.3 Å². The predicted octanol–water partition coefficient (Wildman–Crippen LogP) is 3.69. The fraction of sp³-hybridized carbons (Fsp3) is 0.304. The van der Waals surface area contributed by atoms with Crippen molar-refractivity contribution in [2.24, 2.45) is 5.10 Å². The third-order valence-electron chi connectivity index (χ3n) is 5.40. The summed E-state index contributed by atoms with van der Waals surface area (Å²) in [4.78, 5) is 39.9. The molecule has 7 nitrogen and oxygen atoms in total. The van der Waals surface area contributed by atoms with E-state index >= 15 is 0 Å². The van der Waals surface area contributed by atoms with Gasteiger partial charge in [-0.05, 0) is 36.6 Å². The fourth-order valence-corrected chi connectivity index (χ4v) is 3.91. The minimum absolute atomic E-state index is 0.129. The van der Waals surface area contributed by atoms with Gasteiger partial charge in [-0.1, -0.05) is 41.9 Å². The molecule has 2 aliphatic heterocycles. The molecule has 4 rings (SSSR count). The van der Waals surface area contributed by atoms with Crippen molar-refractivity contribution in [2.75, 3.05) is 18.4 Å². The average molecular weight is 439 g/mol. The Bertz CT molecular complexity index is 1030. The Morgan fingerprint density at radius 3 is 2.52 bits per heavy atom. The molecule has 3 amide bonds. The SMILES string of the molecule is O=C(Nc1cc(Cl)ccc1C(=O)N1CCCC1)C1=NN(Cc2ccccc2)C(=O)CC1. The van der Waals surface area contributed by atoms with Crippen molar-refractivity contribution >= 4 is 40.7 Å². The Balaban J connectivity index is 1.53. The first-order valence-electron chi connectivity index (χ1n) is 10.3. The number of hydrazone groups is 1. The Morgan fingerprint density at radius 1 is 1.03 bits per heavy atom. The van der Waals surface area contributed by atoms with E-state index in [-0.39, 0.29) is 30.4 Å². The Morgan fingerprint density at radius 2 is 1.77 bits per heavy atom. The van der Waals surface area contributed by atoms with E-state index in [0.717, 1.165) is 18.4 Å². The van der Waals surface area contributed by atoms with E-state index in [4.69, 9.17) is 11.6 Å². The molecule has 1 fully saturated rings. The summed E-state index contributed by atoms with van der Waals surface area (Å²) >= 11 is 6.12. The molecule has 2 heterocycles. The molecule has 0 spiro atoms. The smallest absolute Gasteiger partial charge is 0.271 e. The molecule has 1 N–H and O–H groups in total. The van der Waals surface area contributed by atoms with Gasteiger partial charge in [0.25, 0.3) is 11.8 Å². The van der Waals surface area contributed by atoms with Gasteiger partial charge in [-0.25, -0.2) is 5.01 Å². The zero-order chi connectivity index (χ0) is 21.8. The number of likely N-dealkylation sites (tertiary alicyclic amines) is 1. The first kappa shape index (κ1) is 21.1. The van der Waals surface area contributed by atoms with Gasteiger partial charge in [-0.15, -0.1) is 0 Å². The van der Waals surface area contributed by atoms with Crippen molar-refractivity contribution in [1.82, 2.24) is 9.91 Å². The summed E-state index contributed by atoms with van der Waals surface area (Å²) in [7, 11) is 0. The van der Waals surface area contributed by atoms with Gasteiger partial charge in [0.15, 0.2) is 0 Å². The highest BCUT2D eigenvalue weighted by atomic mass is 35.5. The van der Waals surface area contributed by atoms with Crippen molar-refractivity contribution in [3.8, 4) is 0 Å². The monoisotopic (exact) mass is 438 g/mol. The molecule has 0 aliphatic carbocycles. The van der Waals surface area contributed by atoms with Gasteiger partial charge in [0.05, 0.1) is 17.8 Å².